The van der Waals surface area contributed by atoms with Gasteiger partial charge in [0.1, 0.15) is 6.61 Å². The molecule has 7 nitrogen and oxygen atoms in total. The van der Waals surface area contributed by atoms with Crippen molar-refractivity contribution in [1.29, 1.82) is 0 Å². The fraction of sp³-hybridized carbons (Fsp3) is 0.229. The van der Waals surface area contributed by atoms with Crippen LogP contribution in [0.25, 0.3) is 6.08 Å². The molecule has 0 aliphatic carbocycles. The lowest BCUT2D eigenvalue weighted by Gasteiger charge is -2.25. The minimum Gasteiger partial charge on any atom is -0.490 e. The molecule has 1 aliphatic heterocycles. The summed E-state index contributed by atoms with van der Waals surface area (Å²) in [7, 11) is 1.34. The van der Waals surface area contributed by atoms with Gasteiger partial charge in [-0.2, -0.15) is 0 Å². The summed E-state index contributed by atoms with van der Waals surface area (Å²) in [4.78, 5) is 32.4. The van der Waals surface area contributed by atoms with Crippen molar-refractivity contribution >= 4 is 46.6 Å². The number of benzene rings is 3. The van der Waals surface area contributed by atoms with Gasteiger partial charge in [-0.3, -0.25) is 9.36 Å². The number of thiazole rings is 1. The predicted octanol–water partition coefficient (Wildman–Crippen LogP) is 6.81. The van der Waals surface area contributed by atoms with Crippen molar-refractivity contribution in [2.75, 3.05) is 13.7 Å². The minimum atomic E-state index is -0.667. The SMILES string of the molecule is C=CCc1cc(/C=c2\sc3n(c2=O)[C@H](c2ccccc2)C(C(=O)OC)=C(CC)N=3)cc(OCC)c1OCc1ccc(Cl)c(Cl)c1. The molecule has 45 heavy (non-hydrogen) atoms. The summed E-state index contributed by atoms with van der Waals surface area (Å²) in [6.07, 6.45) is 4.62. The smallest absolute Gasteiger partial charge is 0.338 e. The highest BCUT2D eigenvalue weighted by molar-refractivity contribution is 7.07. The number of fused-ring (bicyclic) bond motifs is 1. The molecule has 0 saturated heterocycles. The molecule has 0 fully saturated rings. The summed E-state index contributed by atoms with van der Waals surface area (Å²) in [5, 5.41) is 0.921. The molecule has 0 radical (unpaired) electrons. The van der Waals surface area contributed by atoms with Crippen LogP contribution in [-0.2, 0) is 22.6 Å². The summed E-state index contributed by atoms with van der Waals surface area (Å²) < 4.78 is 19.5. The van der Waals surface area contributed by atoms with E-state index in [1.54, 1.807) is 22.8 Å². The van der Waals surface area contributed by atoms with Crippen molar-refractivity contribution in [3.63, 3.8) is 0 Å². The number of carbonyl (C=O) groups is 1. The average molecular weight is 664 g/mol. The highest BCUT2D eigenvalue weighted by atomic mass is 35.5. The third-order valence-corrected chi connectivity index (χ3v) is 8.97. The molecule has 0 spiro atoms. The molecule has 4 aromatic rings. The van der Waals surface area contributed by atoms with E-state index < -0.39 is 12.0 Å². The van der Waals surface area contributed by atoms with Crippen molar-refractivity contribution < 1.29 is 19.0 Å². The van der Waals surface area contributed by atoms with E-state index in [1.807, 2.05) is 68.5 Å². The molecule has 5 rings (SSSR count). The molecule has 232 valence electrons. The van der Waals surface area contributed by atoms with E-state index in [9.17, 15) is 9.59 Å². The number of hydrogen-bond acceptors (Lipinski definition) is 7. The lowest BCUT2D eigenvalue weighted by molar-refractivity contribution is -0.136. The molecule has 0 N–H and O–H groups in total. The van der Waals surface area contributed by atoms with Gasteiger partial charge < -0.3 is 14.2 Å². The summed E-state index contributed by atoms with van der Waals surface area (Å²) >= 11 is 13.6. The number of carbonyl (C=O) groups excluding carboxylic acids is 1. The second-order valence-corrected chi connectivity index (χ2v) is 12.0. The lowest BCUT2D eigenvalue weighted by Crippen LogP contribution is -2.40. The van der Waals surface area contributed by atoms with E-state index in [0.29, 0.717) is 61.6 Å². The van der Waals surface area contributed by atoms with Gasteiger partial charge in [0, 0.05) is 5.56 Å². The van der Waals surface area contributed by atoms with E-state index in [1.165, 1.54) is 18.4 Å². The highest BCUT2D eigenvalue weighted by Gasteiger charge is 2.33. The molecule has 0 amide bonds. The third-order valence-electron chi connectivity index (χ3n) is 7.25. The summed E-state index contributed by atoms with van der Waals surface area (Å²) in [6, 6.07) is 18.0. The molecule has 0 unspecified atom stereocenters. The number of rotatable bonds is 11. The van der Waals surface area contributed by atoms with E-state index in [4.69, 9.17) is 42.4 Å². The Morgan fingerprint density at radius 1 is 1.07 bits per heavy atom. The fourth-order valence-corrected chi connectivity index (χ4v) is 6.59. The third kappa shape index (κ3) is 6.78. The van der Waals surface area contributed by atoms with Crippen molar-refractivity contribution in [1.82, 2.24) is 4.57 Å². The van der Waals surface area contributed by atoms with E-state index >= 15 is 0 Å². The number of nitrogens with zero attached hydrogens (tertiary/aromatic N) is 2. The lowest BCUT2D eigenvalue weighted by atomic mass is 9.95. The van der Waals surface area contributed by atoms with Gasteiger partial charge in [0.25, 0.3) is 5.56 Å². The van der Waals surface area contributed by atoms with Crippen LogP contribution in [0, 0.1) is 0 Å². The number of methoxy groups -OCH3 is 1. The van der Waals surface area contributed by atoms with E-state index in [0.717, 1.165) is 22.3 Å². The maximum Gasteiger partial charge on any atom is 0.338 e. The van der Waals surface area contributed by atoms with Crippen LogP contribution in [0.3, 0.4) is 0 Å². The quantitative estimate of drug-likeness (QED) is 0.130. The topological polar surface area (TPSA) is 79.1 Å². The van der Waals surface area contributed by atoms with Crippen molar-refractivity contribution in [3.8, 4) is 11.5 Å². The molecule has 3 aromatic carbocycles. The van der Waals surface area contributed by atoms with Crippen LogP contribution < -0.4 is 24.4 Å². The van der Waals surface area contributed by atoms with E-state index in [-0.39, 0.29) is 12.2 Å². The Labute approximate surface area is 275 Å². The largest absolute Gasteiger partial charge is 0.490 e. The standard InChI is InChI=1S/C35H32Cl2N2O5S/c1-5-11-24-16-22(18-28(43-7-3)32(24)44-20-21-14-15-25(36)26(37)17-21)19-29-33(40)39-31(23-12-9-8-10-13-23)30(34(41)42-4)27(6-2)38-35(39)45-29/h5,8-10,12-19,31H,1,6-7,11,20H2,2-4H3/b29-19-/t31-/m1/s1. The Morgan fingerprint density at radius 2 is 1.84 bits per heavy atom. The second-order valence-electron chi connectivity index (χ2n) is 10.2. The first-order valence-corrected chi connectivity index (χ1v) is 16.0. The van der Waals surface area contributed by atoms with Crippen LogP contribution in [-0.4, -0.2) is 24.3 Å². The normalized spacial score (nSPS) is 14.5. The first kappa shape index (κ1) is 32.3. The zero-order valence-electron chi connectivity index (χ0n) is 25.1. The molecule has 0 bridgehead atoms. The number of hydrogen-bond donors (Lipinski definition) is 0. The number of ether oxygens (including phenoxy) is 3. The molecule has 0 saturated carbocycles. The molecular weight excluding hydrogens is 631 g/mol. The molecule has 10 heteroatoms. The summed E-state index contributed by atoms with van der Waals surface area (Å²) in [6.45, 7) is 8.41. The Bertz CT molecular complexity index is 1960. The maximum absolute atomic E-state index is 14.1. The average Bonchev–Trinajstić information content (AvgIpc) is 3.35. The maximum atomic E-state index is 14.1. The van der Waals surface area contributed by atoms with Gasteiger partial charge in [0.05, 0.1) is 45.6 Å². The first-order chi connectivity index (χ1) is 21.8. The zero-order valence-corrected chi connectivity index (χ0v) is 27.5. The van der Waals surface area contributed by atoms with Crippen LogP contribution in [0.4, 0.5) is 0 Å². The van der Waals surface area contributed by atoms with Crippen LogP contribution in [0.1, 0.15) is 48.6 Å². The van der Waals surface area contributed by atoms with Gasteiger partial charge in [-0.25, -0.2) is 9.79 Å². The Hall–Kier alpha value is -4.11. The summed E-state index contributed by atoms with van der Waals surface area (Å²) in [5.41, 5.74) is 3.95. The fourth-order valence-electron chi connectivity index (χ4n) is 5.25. The van der Waals surface area contributed by atoms with Crippen LogP contribution in [0.15, 0.2) is 94.4 Å². The second kappa shape index (κ2) is 14.3. The Kier molecular flexibility index (Phi) is 10.3. The first-order valence-electron chi connectivity index (χ1n) is 14.4. The number of aromatic nitrogens is 1. The Morgan fingerprint density at radius 3 is 2.51 bits per heavy atom. The number of esters is 1. The monoisotopic (exact) mass is 662 g/mol. The van der Waals surface area contributed by atoms with Gasteiger partial charge in [0.15, 0.2) is 16.3 Å². The Balaban J connectivity index is 1.63. The zero-order chi connectivity index (χ0) is 32.1. The predicted molar refractivity (Wildman–Crippen MR) is 179 cm³/mol. The van der Waals surface area contributed by atoms with Crippen molar-refractivity contribution in [3.05, 3.63) is 137 Å². The van der Waals surface area contributed by atoms with Crippen LogP contribution >= 0.6 is 34.5 Å². The highest BCUT2D eigenvalue weighted by Crippen LogP contribution is 2.36. The van der Waals surface area contributed by atoms with Gasteiger partial charge in [-0.15, -0.1) is 6.58 Å². The number of allylic oxidation sites excluding steroid dienone is 2. The van der Waals surface area contributed by atoms with Gasteiger partial charge in [-0.05, 0) is 66.8 Å². The summed E-state index contributed by atoms with van der Waals surface area (Å²) in [5.74, 6) is 0.616. The van der Waals surface area contributed by atoms with Gasteiger partial charge in [-0.1, -0.05) is 83.9 Å². The number of halogens is 2. The molecule has 1 aromatic heterocycles. The molecule has 1 atom stereocenters. The van der Waals surface area contributed by atoms with Crippen molar-refractivity contribution in [2.24, 2.45) is 4.99 Å². The molecule has 1 aliphatic rings. The van der Waals surface area contributed by atoms with Gasteiger partial charge >= 0.3 is 5.97 Å². The van der Waals surface area contributed by atoms with Crippen molar-refractivity contribution in [2.45, 2.75) is 39.3 Å². The van der Waals surface area contributed by atoms with Gasteiger partial charge in [0.2, 0.25) is 0 Å². The minimum absolute atomic E-state index is 0.251. The molecule has 2 heterocycles. The van der Waals surface area contributed by atoms with E-state index in [2.05, 4.69) is 6.58 Å². The van der Waals surface area contributed by atoms with Crippen LogP contribution in [0.5, 0.6) is 11.5 Å². The molecular formula is C35H32Cl2N2O5S. The van der Waals surface area contributed by atoms with Crippen LogP contribution in [0.2, 0.25) is 10.0 Å².